The number of aromatic nitrogens is 4. The molecule has 2 amide bonds. The number of benzene rings is 2. The van der Waals surface area contributed by atoms with Crippen LogP contribution in [0.25, 0.3) is 11.0 Å². The van der Waals surface area contributed by atoms with Gasteiger partial charge >= 0.3 is 0 Å². The fourth-order valence-electron chi connectivity index (χ4n) is 3.52. The third-order valence-corrected chi connectivity index (χ3v) is 5.20. The lowest BCUT2D eigenvalue weighted by Gasteiger charge is -2.07. The topological polar surface area (TPSA) is 93.8 Å². The number of nitrogens with zero attached hydrogens (tertiary/aromatic N) is 4. The molecule has 2 aromatic carbocycles. The van der Waals surface area contributed by atoms with Crippen molar-refractivity contribution in [1.82, 2.24) is 19.1 Å². The molecule has 8 heteroatoms. The molecule has 2 aromatic heterocycles. The summed E-state index contributed by atoms with van der Waals surface area (Å²) in [7, 11) is 2.00. The number of imidazole rings is 2. The van der Waals surface area contributed by atoms with E-state index in [2.05, 4.69) is 24.8 Å². The first-order valence-electron chi connectivity index (χ1n) is 10.0. The standard InChI is InChI=1S/C23H24N6O2/c1-15-24-11-13-29(15)12-10-22-27-20-14-19(8-9-21(20)28(22)3)26-23(31)17-4-6-18(7-5-17)25-16(2)30/h4-9,11,13-14H,10,12H2,1-3H3,(H,25,30)(H,26,31). The van der Waals surface area contributed by atoms with Gasteiger partial charge in [0.15, 0.2) is 0 Å². The lowest BCUT2D eigenvalue weighted by atomic mass is 10.2. The maximum Gasteiger partial charge on any atom is 0.255 e. The van der Waals surface area contributed by atoms with Crippen LogP contribution in [-0.4, -0.2) is 30.9 Å². The Hall–Kier alpha value is -3.94. The maximum atomic E-state index is 12.6. The van der Waals surface area contributed by atoms with E-state index in [4.69, 9.17) is 4.98 Å². The molecule has 8 nitrogen and oxygen atoms in total. The van der Waals surface area contributed by atoms with Crippen molar-refractivity contribution in [2.45, 2.75) is 26.8 Å². The van der Waals surface area contributed by atoms with Crippen LogP contribution < -0.4 is 10.6 Å². The fourth-order valence-corrected chi connectivity index (χ4v) is 3.52. The van der Waals surface area contributed by atoms with Gasteiger partial charge in [-0.15, -0.1) is 0 Å². The monoisotopic (exact) mass is 416 g/mol. The van der Waals surface area contributed by atoms with E-state index in [1.54, 1.807) is 30.5 Å². The Bertz CT molecular complexity index is 1250. The first kappa shape index (κ1) is 20.3. The number of anilines is 2. The van der Waals surface area contributed by atoms with Crippen LogP contribution in [0.5, 0.6) is 0 Å². The van der Waals surface area contributed by atoms with Gasteiger partial charge in [0.1, 0.15) is 11.6 Å². The van der Waals surface area contributed by atoms with E-state index in [0.717, 1.165) is 35.6 Å². The zero-order valence-corrected chi connectivity index (χ0v) is 17.7. The van der Waals surface area contributed by atoms with Crippen LogP contribution in [0.4, 0.5) is 11.4 Å². The molecule has 0 aliphatic carbocycles. The van der Waals surface area contributed by atoms with Crippen molar-refractivity contribution in [2.75, 3.05) is 10.6 Å². The van der Waals surface area contributed by atoms with Gasteiger partial charge in [0.2, 0.25) is 5.91 Å². The highest BCUT2D eigenvalue weighted by Crippen LogP contribution is 2.21. The van der Waals surface area contributed by atoms with Gasteiger partial charge in [0.25, 0.3) is 5.91 Å². The van der Waals surface area contributed by atoms with Crippen molar-refractivity contribution in [3.05, 3.63) is 72.1 Å². The molecule has 0 bridgehead atoms. The third kappa shape index (κ3) is 4.48. The molecule has 0 saturated carbocycles. The number of carbonyl (C=O) groups excluding carboxylic acids is 2. The van der Waals surface area contributed by atoms with Gasteiger partial charge in [-0.2, -0.15) is 0 Å². The largest absolute Gasteiger partial charge is 0.335 e. The molecule has 0 unspecified atom stereocenters. The molecule has 0 saturated heterocycles. The maximum absolute atomic E-state index is 12.6. The second-order valence-corrected chi connectivity index (χ2v) is 7.42. The molecular formula is C23H24N6O2. The summed E-state index contributed by atoms with van der Waals surface area (Å²) < 4.78 is 4.18. The molecule has 0 spiro atoms. The van der Waals surface area contributed by atoms with Gasteiger partial charge in [-0.1, -0.05) is 0 Å². The normalized spacial score (nSPS) is 10.9. The summed E-state index contributed by atoms with van der Waals surface area (Å²) in [4.78, 5) is 32.7. The Balaban J connectivity index is 1.48. The molecular weight excluding hydrogens is 392 g/mol. The van der Waals surface area contributed by atoms with E-state index in [-0.39, 0.29) is 11.8 Å². The van der Waals surface area contributed by atoms with Crippen molar-refractivity contribution in [3.63, 3.8) is 0 Å². The molecule has 2 heterocycles. The SMILES string of the molecule is CC(=O)Nc1ccc(C(=O)Nc2ccc3c(c2)nc(CCn2ccnc2C)n3C)cc1. The van der Waals surface area contributed by atoms with Crippen molar-refractivity contribution in [2.24, 2.45) is 7.05 Å². The van der Waals surface area contributed by atoms with E-state index in [1.165, 1.54) is 6.92 Å². The summed E-state index contributed by atoms with van der Waals surface area (Å²) in [5.74, 6) is 1.58. The average molecular weight is 416 g/mol. The van der Waals surface area contributed by atoms with Crippen LogP contribution in [0, 0.1) is 6.92 Å². The number of rotatable bonds is 6. The summed E-state index contributed by atoms with van der Waals surface area (Å²) >= 11 is 0. The van der Waals surface area contributed by atoms with Crippen molar-refractivity contribution in [3.8, 4) is 0 Å². The predicted octanol–water partition coefficient (Wildman–Crippen LogP) is 3.53. The zero-order chi connectivity index (χ0) is 22.0. The van der Waals surface area contributed by atoms with Crippen LogP contribution in [0.2, 0.25) is 0 Å². The first-order valence-corrected chi connectivity index (χ1v) is 10.0. The Labute approximate surface area is 179 Å². The highest BCUT2D eigenvalue weighted by atomic mass is 16.2. The van der Waals surface area contributed by atoms with Crippen LogP contribution in [0.3, 0.4) is 0 Å². The molecule has 0 atom stereocenters. The lowest BCUT2D eigenvalue weighted by molar-refractivity contribution is -0.114. The first-order chi connectivity index (χ1) is 14.9. The number of hydrogen-bond acceptors (Lipinski definition) is 4. The minimum absolute atomic E-state index is 0.152. The van der Waals surface area contributed by atoms with Crippen molar-refractivity contribution < 1.29 is 9.59 Å². The Morgan fingerprint density at radius 2 is 1.77 bits per heavy atom. The number of amides is 2. The summed E-state index contributed by atoms with van der Waals surface area (Å²) in [6.07, 6.45) is 4.55. The smallest absolute Gasteiger partial charge is 0.255 e. The fraction of sp³-hybridized carbons (Fsp3) is 0.217. The van der Waals surface area contributed by atoms with Gasteiger partial charge in [-0.3, -0.25) is 9.59 Å². The highest BCUT2D eigenvalue weighted by Gasteiger charge is 2.11. The number of nitrogens with one attached hydrogen (secondary N) is 2. The zero-order valence-electron chi connectivity index (χ0n) is 17.7. The Morgan fingerprint density at radius 3 is 2.45 bits per heavy atom. The van der Waals surface area contributed by atoms with E-state index < -0.39 is 0 Å². The Kier molecular flexibility index (Phi) is 5.53. The van der Waals surface area contributed by atoms with Gasteiger partial charge < -0.3 is 19.8 Å². The number of carbonyl (C=O) groups is 2. The summed E-state index contributed by atoms with van der Waals surface area (Å²) in [5.41, 5.74) is 3.68. The van der Waals surface area contributed by atoms with Crippen molar-refractivity contribution in [1.29, 1.82) is 0 Å². The lowest BCUT2D eigenvalue weighted by Crippen LogP contribution is -2.12. The molecule has 4 rings (SSSR count). The highest BCUT2D eigenvalue weighted by molar-refractivity contribution is 6.05. The second kappa shape index (κ2) is 8.43. The quantitative estimate of drug-likeness (QED) is 0.503. The molecule has 4 aromatic rings. The minimum Gasteiger partial charge on any atom is -0.335 e. The molecule has 0 radical (unpaired) electrons. The van der Waals surface area contributed by atoms with Crippen LogP contribution in [0.1, 0.15) is 28.9 Å². The van der Waals surface area contributed by atoms with Crippen molar-refractivity contribution >= 4 is 34.2 Å². The number of aryl methyl sites for hydroxylation is 4. The van der Waals surface area contributed by atoms with Gasteiger partial charge in [0, 0.05) is 56.3 Å². The number of hydrogen-bond donors (Lipinski definition) is 2. The summed E-state index contributed by atoms with van der Waals surface area (Å²) in [5, 5.41) is 5.60. The molecule has 0 aliphatic rings. The molecule has 158 valence electrons. The minimum atomic E-state index is -0.222. The Morgan fingerprint density at radius 1 is 1.03 bits per heavy atom. The van der Waals surface area contributed by atoms with E-state index in [0.29, 0.717) is 16.9 Å². The molecule has 31 heavy (non-hydrogen) atoms. The van der Waals surface area contributed by atoms with E-state index >= 15 is 0 Å². The second-order valence-electron chi connectivity index (χ2n) is 7.42. The summed E-state index contributed by atoms with van der Waals surface area (Å²) in [6, 6.07) is 12.5. The number of fused-ring (bicyclic) bond motifs is 1. The molecule has 0 aliphatic heterocycles. The van der Waals surface area contributed by atoms with Crippen LogP contribution in [-0.2, 0) is 24.8 Å². The van der Waals surface area contributed by atoms with E-state index in [9.17, 15) is 9.59 Å². The van der Waals surface area contributed by atoms with Gasteiger partial charge in [-0.25, -0.2) is 9.97 Å². The van der Waals surface area contributed by atoms with Gasteiger partial charge in [-0.05, 0) is 49.4 Å². The van der Waals surface area contributed by atoms with Crippen LogP contribution in [0.15, 0.2) is 54.9 Å². The third-order valence-electron chi connectivity index (χ3n) is 5.20. The summed E-state index contributed by atoms with van der Waals surface area (Å²) in [6.45, 7) is 4.23. The van der Waals surface area contributed by atoms with E-state index in [1.807, 2.05) is 38.4 Å². The molecule has 0 fully saturated rings. The predicted molar refractivity (Wildman–Crippen MR) is 120 cm³/mol. The van der Waals surface area contributed by atoms with Crippen LogP contribution >= 0.6 is 0 Å². The average Bonchev–Trinajstić information content (AvgIpc) is 3.28. The van der Waals surface area contributed by atoms with Gasteiger partial charge in [0.05, 0.1) is 11.0 Å². The molecule has 2 N–H and O–H groups in total.